The first-order chi connectivity index (χ1) is 9.90. The van der Waals surface area contributed by atoms with Gasteiger partial charge in [-0.05, 0) is 38.3 Å². The molecule has 0 radical (unpaired) electrons. The summed E-state index contributed by atoms with van der Waals surface area (Å²) in [6.07, 6.45) is 2.43. The van der Waals surface area contributed by atoms with Gasteiger partial charge in [-0.2, -0.15) is 0 Å². The molecule has 1 aliphatic rings. The van der Waals surface area contributed by atoms with Crippen molar-refractivity contribution in [3.05, 3.63) is 35.9 Å². The van der Waals surface area contributed by atoms with Gasteiger partial charge in [0.05, 0.1) is 0 Å². The van der Waals surface area contributed by atoms with Crippen LogP contribution in [0.5, 0.6) is 0 Å². The molecule has 0 saturated heterocycles. The molecule has 4 heteroatoms. The van der Waals surface area contributed by atoms with Gasteiger partial charge in [0, 0.05) is 25.3 Å². The number of carbonyl (C=O) groups is 1. The molecule has 0 aromatic heterocycles. The molecule has 4 nitrogen and oxygen atoms in total. The molecular formula is C17H24N2O2. The van der Waals surface area contributed by atoms with Gasteiger partial charge in [-0.3, -0.25) is 0 Å². The topological polar surface area (TPSA) is 41.6 Å². The van der Waals surface area contributed by atoms with Crippen LogP contribution in [-0.2, 0) is 11.2 Å². The Kier molecular flexibility index (Phi) is 4.56. The summed E-state index contributed by atoms with van der Waals surface area (Å²) in [6, 6.07) is 6.16. The number of ether oxygens (including phenoxy) is 1. The maximum absolute atomic E-state index is 12.2. The van der Waals surface area contributed by atoms with Crippen LogP contribution < -0.4 is 5.32 Å². The first-order valence-corrected chi connectivity index (χ1v) is 7.37. The SMILES string of the molecule is C=Cc1cccc2c1NCCN(C(=O)OC(C)(C)C)CC2. The van der Waals surface area contributed by atoms with Gasteiger partial charge in [-0.25, -0.2) is 4.79 Å². The van der Waals surface area contributed by atoms with E-state index in [4.69, 9.17) is 4.74 Å². The second-order valence-corrected chi connectivity index (χ2v) is 6.23. The highest BCUT2D eigenvalue weighted by molar-refractivity contribution is 5.71. The van der Waals surface area contributed by atoms with Crippen molar-refractivity contribution in [1.82, 2.24) is 4.90 Å². The van der Waals surface area contributed by atoms with Crippen LogP contribution in [0, 0.1) is 0 Å². The van der Waals surface area contributed by atoms with Crippen molar-refractivity contribution in [3.63, 3.8) is 0 Å². The van der Waals surface area contributed by atoms with E-state index in [0.717, 1.165) is 17.7 Å². The monoisotopic (exact) mass is 288 g/mol. The first kappa shape index (κ1) is 15.4. The Morgan fingerprint density at radius 2 is 2.14 bits per heavy atom. The van der Waals surface area contributed by atoms with Crippen LogP contribution in [0.25, 0.3) is 6.08 Å². The average Bonchev–Trinajstić information content (AvgIpc) is 2.37. The van der Waals surface area contributed by atoms with Crippen LogP contribution in [-0.4, -0.2) is 36.2 Å². The molecule has 0 atom stereocenters. The van der Waals surface area contributed by atoms with Crippen LogP contribution in [0.1, 0.15) is 31.9 Å². The molecule has 1 aromatic rings. The van der Waals surface area contributed by atoms with Gasteiger partial charge in [0.1, 0.15) is 5.60 Å². The summed E-state index contributed by atoms with van der Waals surface area (Å²) in [6.45, 7) is 11.5. The van der Waals surface area contributed by atoms with Crippen molar-refractivity contribution in [3.8, 4) is 0 Å². The molecule has 2 rings (SSSR count). The van der Waals surface area contributed by atoms with Crippen molar-refractivity contribution in [2.75, 3.05) is 25.0 Å². The number of anilines is 1. The molecule has 0 aliphatic carbocycles. The Hall–Kier alpha value is -1.97. The molecule has 1 aromatic carbocycles. The van der Waals surface area contributed by atoms with Gasteiger partial charge >= 0.3 is 6.09 Å². The lowest BCUT2D eigenvalue weighted by atomic mass is 10.0. The fourth-order valence-electron chi connectivity index (χ4n) is 2.41. The summed E-state index contributed by atoms with van der Waals surface area (Å²) in [5, 5.41) is 3.41. The number of para-hydroxylation sites is 1. The zero-order valence-corrected chi connectivity index (χ0v) is 13.1. The summed E-state index contributed by atoms with van der Waals surface area (Å²) in [5.41, 5.74) is 3.00. The van der Waals surface area contributed by atoms with Crippen molar-refractivity contribution >= 4 is 17.9 Å². The largest absolute Gasteiger partial charge is 0.444 e. The Morgan fingerprint density at radius 3 is 2.81 bits per heavy atom. The molecule has 0 saturated carbocycles. The Labute approximate surface area is 126 Å². The van der Waals surface area contributed by atoms with E-state index in [1.807, 2.05) is 39.0 Å². The number of nitrogens with zero attached hydrogens (tertiary/aromatic N) is 1. The van der Waals surface area contributed by atoms with Gasteiger partial charge in [0.15, 0.2) is 0 Å². The van der Waals surface area contributed by atoms with E-state index in [0.29, 0.717) is 19.6 Å². The molecule has 1 N–H and O–H groups in total. The molecule has 21 heavy (non-hydrogen) atoms. The van der Waals surface area contributed by atoms with E-state index in [1.54, 1.807) is 4.90 Å². The fourth-order valence-corrected chi connectivity index (χ4v) is 2.41. The van der Waals surface area contributed by atoms with Crippen molar-refractivity contribution < 1.29 is 9.53 Å². The van der Waals surface area contributed by atoms with Crippen LogP contribution >= 0.6 is 0 Å². The Morgan fingerprint density at radius 1 is 1.38 bits per heavy atom. The minimum atomic E-state index is -0.458. The highest BCUT2D eigenvalue weighted by Gasteiger charge is 2.23. The third kappa shape index (κ3) is 4.00. The fraction of sp³-hybridized carbons (Fsp3) is 0.471. The van der Waals surface area contributed by atoms with E-state index in [1.165, 1.54) is 5.56 Å². The second kappa shape index (κ2) is 6.20. The molecule has 0 spiro atoms. The van der Waals surface area contributed by atoms with E-state index in [-0.39, 0.29) is 6.09 Å². The normalized spacial score (nSPS) is 15.3. The van der Waals surface area contributed by atoms with Crippen LogP contribution in [0.3, 0.4) is 0 Å². The van der Waals surface area contributed by atoms with Gasteiger partial charge in [0.2, 0.25) is 0 Å². The summed E-state index contributed by atoms with van der Waals surface area (Å²) in [7, 11) is 0. The highest BCUT2D eigenvalue weighted by Crippen LogP contribution is 2.24. The summed E-state index contributed by atoms with van der Waals surface area (Å²) in [5.74, 6) is 0. The van der Waals surface area contributed by atoms with E-state index < -0.39 is 5.60 Å². The number of amides is 1. The zero-order chi connectivity index (χ0) is 15.5. The minimum absolute atomic E-state index is 0.243. The lowest BCUT2D eigenvalue weighted by Crippen LogP contribution is -2.41. The van der Waals surface area contributed by atoms with Crippen molar-refractivity contribution in [2.24, 2.45) is 0 Å². The zero-order valence-electron chi connectivity index (χ0n) is 13.1. The summed E-state index contributed by atoms with van der Waals surface area (Å²) >= 11 is 0. The third-order valence-electron chi connectivity index (χ3n) is 3.39. The standard InChI is InChI=1S/C17H24N2O2/c1-5-13-7-6-8-14-9-11-19(12-10-18-15(13)14)16(20)21-17(2,3)4/h5-8,18H,1,9-12H2,2-4H3. The van der Waals surface area contributed by atoms with Gasteiger partial charge in [-0.15, -0.1) is 0 Å². The predicted molar refractivity (Wildman–Crippen MR) is 86.5 cm³/mol. The van der Waals surface area contributed by atoms with Gasteiger partial charge in [-0.1, -0.05) is 30.9 Å². The highest BCUT2D eigenvalue weighted by atomic mass is 16.6. The number of rotatable bonds is 1. The molecular weight excluding hydrogens is 264 g/mol. The molecule has 1 aliphatic heterocycles. The molecule has 1 amide bonds. The number of benzene rings is 1. The number of carbonyl (C=O) groups excluding carboxylic acids is 1. The number of hydrogen-bond donors (Lipinski definition) is 1. The molecule has 0 bridgehead atoms. The maximum atomic E-state index is 12.2. The lowest BCUT2D eigenvalue weighted by Gasteiger charge is -2.30. The molecule has 1 heterocycles. The Balaban J connectivity index is 2.11. The average molecular weight is 288 g/mol. The molecule has 0 fully saturated rings. The van der Waals surface area contributed by atoms with Crippen LogP contribution in [0.4, 0.5) is 10.5 Å². The van der Waals surface area contributed by atoms with Crippen molar-refractivity contribution in [1.29, 1.82) is 0 Å². The maximum Gasteiger partial charge on any atom is 0.410 e. The summed E-state index contributed by atoms with van der Waals surface area (Å²) in [4.78, 5) is 13.9. The van der Waals surface area contributed by atoms with E-state index in [2.05, 4.69) is 18.0 Å². The predicted octanol–water partition coefficient (Wildman–Crippen LogP) is 3.53. The lowest BCUT2D eigenvalue weighted by molar-refractivity contribution is 0.0258. The number of hydrogen-bond acceptors (Lipinski definition) is 3. The first-order valence-electron chi connectivity index (χ1n) is 7.37. The smallest absolute Gasteiger partial charge is 0.410 e. The molecule has 0 unspecified atom stereocenters. The van der Waals surface area contributed by atoms with Gasteiger partial charge in [0.25, 0.3) is 0 Å². The van der Waals surface area contributed by atoms with Crippen LogP contribution in [0.15, 0.2) is 24.8 Å². The minimum Gasteiger partial charge on any atom is -0.444 e. The number of nitrogens with one attached hydrogen (secondary N) is 1. The summed E-state index contributed by atoms with van der Waals surface area (Å²) < 4.78 is 5.45. The van der Waals surface area contributed by atoms with Crippen molar-refractivity contribution in [2.45, 2.75) is 32.8 Å². The van der Waals surface area contributed by atoms with Gasteiger partial charge < -0.3 is 15.0 Å². The third-order valence-corrected chi connectivity index (χ3v) is 3.39. The quantitative estimate of drug-likeness (QED) is 0.859. The second-order valence-electron chi connectivity index (χ2n) is 6.23. The number of fused-ring (bicyclic) bond motifs is 1. The van der Waals surface area contributed by atoms with E-state index >= 15 is 0 Å². The molecule has 114 valence electrons. The van der Waals surface area contributed by atoms with Crippen LogP contribution in [0.2, 0.25) is 0 Å². The Bertz CT molecular complexity index is 532. The van der Waals surface area contributed by atoms with E-state index in [9.17, 15) is 4.79 Å².